The molecule has 1 aliphatic rings. The van der Waals surface area contributed by atoms with Crippen LogP contribution >= 0.6 is 23.8 Å². The summed E-state index contributed by atoms with van der Waals surface area (Å²) < 4.78 is 37.7. The zero-order valence-electron chi connectivity index (χ0n) is 11.2. The van der Waals surface area contributed by atoms with Crippen molar-refractivity contribution < 1.29 is 13.2 Å². The second-order valence-electron chi connectivity index (χ2n) is 4.87. The van der Waals surface area contributed by atoms with Gasteiger partial charge in [0, 0.05) is 25.0 Å². The molecule has 114 valence electrons. The van der Waals surface area contributed by atoms with Gasteiger partial charge in [-0.05, 0) is 37.0 Å². The summed E-state index contributed by atoms with van der Waals surface area (Å²) in [6, 6.07) is 3.49. The summed E-state index contributed by atoms with van der Waals surface area (Å²) in [4.78, 5) is 4.93. The van der Waals surface area contributed by atoms with E-state index in [4.69, 9.17) is 11.6 Å². The molecule has 21 heavy (non-hydrogen) atoms. The molecule has 0 amide bonds. The number of nitrogens with zero attached hydrogens (tertiary/aromatic N) is 2. The minimum atomic E-state index is -4.45. The third-order valence-electron chi connectivity index (χ3n) is 3.26. The molecule has 2 nitrogen and oxygen atoms in total. The summed E-state index contributed by atoms with van der Waals surface area (Å²) >= 11 is 10.2. The molecule has 0 N–H and O–H groups in total. The number of alkyl halides is 3. The van der Waals surface area contributed by atoms with Gasteiger partial charge in [0.15, 0.2) is 0 Å². The Labute approximate surface area is 131 Å². The van der Waals surface area contributed by atoms with E-state index >= 15 is 0 Å². The van der Waals surface area contributed by atoms with E-state index in [-0.39, 0.29) is 0 Å². The highest BCUT2D eigenvalue weighted by atomic mass is 35.5. The molecule has 1 aliphatic heterocycles. The number of likely N-dealkylation sites (tertiary alicyclic amines) is 1. The monoisotopic (exact) mass is 334 g/mol. The normalized spacial score (nSPS) is 18.1. The van der Waals surface area contributed by atoms with E-state index in [1.165, 1.54) is 0 Å². The van der Waals surface area contributed by atoms with E-state index in [0.717, 1.165) is 31.0 Å². The first-order valence-electron chi connectivity index (χ1n) is 6.53. The first-order chi connectivity index (χ1) is 9.86. The second-order valence-corrected chi connectivity index (χ2v) is 5.69. The molecule has 1 fully saturated rings. The Balaban J connectivity index is 2.14. The third kappa shape index (κ3) is 4.68. The Kier molecular flexibility index (Phi) is 5.22. The van der Waals surface area contributed by atoms with E-state index in [1.807, 2.05) is 11.0 Å². The van der Waals surface area contributed by atoms with Crippen molar-refractivity contribution in [2.45, 2.75) is 32.0 Å². The van der Waals surface area contributed by atoms with Gasteiger partial charge in [0.25, 0.3) is 0 Å². The predicted molar refractivity (Wildman–Crippen MR) is 80.2 cm³/mol. The molecular formula is C14H14ClF3N2S. The molecule has 0 atom stereocenters. The average molecular weight is 335 g/mol. The summed E-state index contributed by atoms with van der Waals surface area (Å²) in [7, 11) is 0. The topological polar surface area (TPSA) is 16.1 Å². The van der Waals surface area contributed by atoms with E-state index in [0.29, 0.717) is 23.8 Å². The van der Waals surface area contributed by atoms with E-state index in [1.54, 1.807) is 12.3 Å². The number of allylic oxidation sites excluding steroid dienone is 2. The van der Waals surface area contributed by atoms with Gasteiger partial charge in [0.2, 0.25) is 0 Å². The van der Waals surface area contributed by atoms with Crippen LogP contribution in [0.15, 0.2) is 30.1 Å². The lowest BCUT2D eigenvalue weighted by atomic mass is 10.1. The van der Waals surface area contributed by atoms with Gasteiger partial charge in [-0.2, -0.15) is 13.2 Å². The number of halogens is 4. The zero-order valence-corrected chi connectivity index (χ0v) is 12.7. The lowest BCUT2D eigenvalue weighted by Gasteiger charge is -2.32. The molecule has 0 saturated carbocycles. The molecule has 1 aromatic rings. The van der Waals surface area contributed by atoms with Gasteiger partial charge in [-0.3, -0.25) is 0 Å². The van der Waals surface area contributed by atoms with Gasteiger partial charge >= 0.3 is 6.18 Å². The maximum Gasteiger partial charge on any atom is 0.426 e. The number of rotatable bonds is 3. The summed E-state index contributed by atoms with van der Waals surface area (Å²) in [5.74, 6) is 0. The zero-order chi connectivity index (χ0) is 15.5. The van der Waals surface area contributed by atoms with Crippen molar-refractivity contribution in [2.24, 2.45) is 0 Å². The van der Waals surface area contributed by atoms with Crippen molar-refractivity contribution in [2.75, 3.05) is 6.54 Å². The molecule has 0 radical (unpaired) electrons. The number of piperidine rings is 1. The molecule has 0 bridgehead atoms. The average Bonchev–Trinajstić information content (AvgIpc) is 2.42. The Hall–Kier alpha value is -1.14. The van der Waals surface area contributed by atoms with Crippen molar-refractivity contribution in [3.05, 3.63) is 40.8 Å². The van der Waals surface area contributed by atoms with Crippen LogP contribution < -0.4 is 0 Å². The second kappa shape index (κ2) is 6.75. The smallest absolute Gasteiger partial charge is 0.370 e. The first-order valence-corrected chi connectivity index (χ1v) is 7.32. The minimum Gasteiger partial charge on any atom is -0.370 e. The van der Waals surface area contributed by atoms with E-state index in [2.05, 4.69) is 17.2 Å². The minimum absolute atomic E-state index is 0.395. The SMILES string of the molecule is FC(F)(F)C(=S)/C=C1\CCCCN1Cc1ccc(Cl)nc1. The van der Waals surface area contributed by atoms with Crippen molar-refractivity contribution in [1.29, 1.82) is 0 Å². The van der Waals surface area contributed by atoms with Gasteiger partial charge in [-0.15, -0.1) is 0 Å². The molecule has 2 heterocycles. The lowest BCUT2D eigenvalue weighted by molar-refractivity contribution is -0.0554. The van der Waals surface area contributed by atoms with Crippen molar-refractivity contribution >= 4 is 28.7 Å². The Bertz CT molecular complexity index is 540. The van der Waals surface area contributed by atoms with Crippen LogP contribution in [0.5, 0.6) is 0 Å². The fourth-order valence-electron chi connectivity index (χ4n) is 2.21. The van der Waals surface area contributed by atoms with Crippen LogP contribution in [0.2, 0.25) is 5.15 Å². The molecule has 1 saturated heterocycles. The van der Waals surface area contributed by atoms with Gasteiger partial charge in [0.05, 0.1) is 0 Å². The van der Waals surface area contributed by atoms with Gasteiger partial charge in [-0.25, -0.2) is 4.98 Å². The maximum absolute atomic E-state index is 12.6. The van der Waals surface area contributed by atoms with Crippen molar-refractivity contribution in [3.63, 3.8) is 0 Å². The number of aromatic nitrogens is 1. The Morgan fingerprint density at radius 2 is 2.14 bits per heavy atom. The van der Waals surface area contributed by atoms with Crippen LogP contribution in [0.4, 0.5) is 13.2 Å². The molecular weight excluding hydrogens is 321 g/mol. The highest BCUT2D eigenvalue weighted by Gasteiger charge is 2.33. The van der Waals surface area contributed by atoms with Crippen LogP contribution in [-0.2, 0) is 6.54 Å². The highest BCUT2D eigenvalue weighted by Crippen LogP contribution is 2.26. The Morgan fingerprint density at radius 3 is 2.76 bits per heavy atom. The maximum atomic E-state index is 12.6. The summed E-state index contributed by atoms with van der Waals surface area (Å²) in [5.41, 5.74) is 1.55. The van der Waals surface area contributed by atoms with E-state index < -0.39 is 11.0 Å². The fraction of sp³-hybridized carbons (Fsp3) is 0.429. The third-order valence-corrected chi connectivity index (χ3v) is 3.83. The molecule has 2 rings (SSSR count). The van der Waals surface area contributed by atoms with Gasteiger partial charge in [-0.1, -0.05) is 29.9 Å². The van der Waals surface area contributed by atoms with Crippen molar-refractivity contribution in [3.8, 4) is 0 Å². The standard InChI is InChI=1S/C14H14ClF3N2S/c15-13-5-4-10(8-19-13)9-20-6-2-1-3-11(20)7-12(21)14(16,17)18/h4-5,7-8H,1-3,6,9H2/b11-7+. The predicted octanol–water partition coefficient (Wildman–Crippen LogP) is 4.54. The summed E-state index contributed by atoms with van der Waals surface area (Å²) in [5, 5.41) is 0.395. The number of hydrogen-bond acceptors (Lipinski definition) is 3. The first kappa shape index (κ1) is 16.2. The van der Waals surface area contributed by atoms with Crippen molar-refractivity contribution in [1.82, 2.24) is 9.88 Å². The molecule has 0 unspecified atom stereocenters. The van der Waals surface area contributed by atoms with Gasteiger partial charge in [0.1, 0.15) is 10.0 Å². The number of pyridine rings is 1. The summed E-state index contributed by atoms with van der Waals surface area (Å²) in [6.45, 7) is 1.23. The largest absolute Gasteiger partial charge is 0.426 e. The lowest BCUT2D eigenvalue weighted by Crippen LogP contribution is -2.29. The molecule has 7 heteroatoms. The fourth-order valence-corrected chi connectivity index (χ4v) is 2.46. The molecule has 0 aromatic carbocycles. The quantitative estimate of drug-likeness (QED) is 0.459. The van der Waals surface area contributed by atoms with Gasteiger partial charge < -0.3 is 4.90 Å². The van der Waals surface area contributed by atoms with E-state index in [9.17, 15) is 13.2 Å². The Morgan fingerprint density at radius 1 is 1.38 bits per heavy atom. The molecule has 0 spiro atoms. The van der Waals surface area contributed by atoms with Crippen LogP contribution in [0, 0.1) is 0 Å². The molecule has 1 aromatic heterocycles. The number of hydrogen-bond donors (Lipinski definition) is 0. The number of thiocarbonyl (C=S) groups is 1. The summed E-state index contributed by atoms with van der Waals surface area (Å²) in [6.07, 6.45) is 0.706. The van der Waals surface area contributed by atoms with Crippen LogP contribution in [0.25, 0.3) is 0 Å². The van der Waals surface area contributed by atoms with Crippen LogP contribution in [-0.4, -0.2) is 27.5 Å². The highest BCUT2D eigenvalue weighted by molar-refractivity contribution is 7.80. The van der Waals surface area contributed by atoms with Crippen LogP contribution in [0.3, 0.4) is 0 Å². The molecule has 0 aliphatic carbocycles. The van der Waals surface area contributed by atoms with Crippen LogP contribution in [0.1, 0.15) is 24.8 Å².